The molecule has 0 spiro atoms. The molecular weight excluding hydrogens is 286 g/mol. The Morgan fingerprint density at radius 1 is 1.33 bits per heavy atom. The van der Waals surface area contributed by atoms with Gasteiger partial charge in [0.15, 0.2) is 11.6 Å². The maximum absolute atomic E-state index is 13.1. The molecule has 0 atom stereocenters. The van der Waals surface area contributed by atoms with E-state index in [1.807, 2.05) is 0 Å². The summed E-state index contributed by atoms with van der Waals surface area (Å²) in [4.78, 5) is 29.2. The molecule has 2 rings (SSSR count). The third-order valence-corrected chi connectivity index (χ3v) is 2.55. The fraction of sp³-hybridized carbons (Fsp3) is 0.0833. The number of nitrogens with zero attached hydrogens (tertiary/aromatic N) is 3. The Labute approximate surface area is 116 Å². The molecular formula is C12H8F2N4O3. The zero-order valence-corrected chi connectivity index (χ0v) is 10.4. The minimum atomic E-state index is -1.39. The van der Waals surface area contributed by atoms with Crippen LogP contribution in [0.4, 0.5) is 14.5 Å². The fourth-order valence-corrected chi connectivity index (χ4v) is 1.56. The quantitative estimate of drug-likeness (QED) is 0.682. The maximum Gasteiger partial charge on any atom is 0.285 e. The molecule has 0 aliphatic carbocycles. The van der Waals surface area contributed by atoms with E-state index in [-0.39, 0.29) is 6.54 Å². The van der Waals surface area contributed by atoms with Crippen molar-refractivity contribution >= 4 is 11.6 Å². The summed E-state index contributed by atoms with van der Waals surface area (Å²) in [6, 6.07) is 2.39. The highest BCUT2D eigenvalue weighted by Crippen LogP contribution is 2.22. The number of carbonyl (C=O) groups excluding carboxylic acids is 1. The second-order valence-corrected chi connectivity index (χ2v) is 3.92. The van der Waals surface area contributed by atoms with Crippen molar-refractivity contribution in [2.45, 2.75) is 6.54 Å². The Morgan fingerprint density at radius 3 is 2.67 bits per heavy atom. The largest absolute Gasteiger partial charge is 0.346 e. The Kier molecular flexibility index (Phi) is 4.12. The van der Waals surface area contributed by atoms with Gasteiger partial charge in [-0.15, -0.1) is 0 Å². The number of hydrogen-bond acceptors (Lipinski definition) is 5. The molecule has 1 aromatic carbocycles. The van der Waals surface area contributed by atoms with E-state index in [0.29, 0.717) is 17.8 Å². The van der Waals surface area contributed by atoms with Crippen LogP contribution in [-0.4, -0.2) is 20.8 Å². The predicted molar refractivity (Wildman–Crippen MR) is 66.2 cm³/mol. The van der Waals surface area contributed by atoms with Crippen LogP contribution in [0.3, 0.4) is 0 Å². The number of nitro benzene ring substituents is 1. The second kappa shape index (κ2) is 5.99. The molecule has 9 heteroatoms. The molecule has 0 radical (unpaired) electrons. The smallest absolute Gasteiger partial charge is 0.285 e. The van der Waals surface area contributed by atoms with Crippen molar-refractivity contribution in [2.75, 3.05) is 0 Å². The van der Waals surface area contributed by atoms with Gasteiger partial charge in [0, 0.05) is 6.20 Å². The zero-order chi connectivity index (χ0) is 15.4. The molecule has 1 heterocycles. The van der Waals surface area contributed by atoms with Crippen molar-refractivity contribution in [3.8, 4) is 0 Å². The second-order valence-electron chi connectivity index (χ2n) is 3.92. The fourth-order valence-electron chi connectivity index (χ4n) is 1.56. The molecule has 1 aromatic heterocycles. The van der Waals surface area contributed by atoms with E-state index in [9.17, 15) is 23.7 Å². The van der Waals surface area contributed by atoms with E-state index in [4.69, 9.17) is 0 Å². The lowest BCUT2D eigenvalue weighted by Gasteiger charge is -2.06. The minimum absolute atomic E-state index is 0.0303. The van der Waals surface area contributed by atoms with Crippen molar-refractivity contribution in [1.29, 1.82) is 0 Å². The Balaban J connectivity index is 2.22. The van der Waals surface area contributed by atoms with E-state index < -0.39 is 33.7 Å². The number of rotatable bonds is 4. The molecule has 1 amide bonds. The summed E-state index contributed by atoms with van der Waals surface area (Å²) in [5, 5.41) is 13.1. The summed E-state index contributed by atoms with van der Waals surface area (Å²) in [6.07, 6.45) is 2.72. The van der Waals surface area contributed by atoms with E-state index in [1.54, 1.807) is 0 Å². The predicted octanol–water partition coefficient (Wildman–Crippen LogP) is 1.59. The molecule has 0 fully saturated rings. The van der Waals surface area contributed by atoms with Crippen molar-refractivity contribution < 1.29 is 18.5 Å². The molecule has 0 aliphatic heterocycles. The molecule has 0 bridgehead atoms. The van der Waals surface area contributed by atoms with Gasteiger partial charge in [0.1, 0.15) is 11.9 Å². The summed E-state index contributed by atoms with van der Waals surface area (Å²) in [5.74, 6) is -3.64. The average Bonchev–Trinajstić information content (AvgIpc) is 2.48. The van der Waals surface area contributed by atoms with E-state index in [0.717, 1.165) is 0 Å². The summed E-state index contributed by atoms with van der Waals surface area (Å²) in [7, 11) is 0. The molecule has 7 nitrogen and oxygen atoms in total. The lowest BCUT2D eigenvalue weighted by molar-refractivity contribution is -0.385. The van der Waals surface area contributed by atoms with Crippen LogP contribution in [0.25, 0.3) is 0 Å². The molecule has 0 saturated heterocycles. The summed E-state index contributed by atoms with van der Waals surface area (Å²) >= 11 is 0. The van der Waals surface area contributed by atoms with Crippen LogP contribution >= 0.6 is 0 Å². The number of nitrogens with one attached hydrogen (secondary N) is 1. The first-order valence-corrected chi connectivity index (χ1v) is 5.65. The molecule has 2 aromatic rings. The van der Waals surface area contributed by atoms with Crippen LogP contribution < -0.4 is 5.32 Å². The third-order valence-electron chi connectivity index (χ3n) is 2.55. The van der Waals surface area contributed by atoms with E-state index >= 15 is 0 Å². The van der Waals surface area contributed by atoms with E-state index in [1.165, 1.54) is 18.6 Å². The van der Waals surface area contributed by atoms with Crippen LogP contribution in [0.2, 0.25) is 0 Å². The highest BCUT2D eigenvalue weighted by atomic mass is 19.2. The van der Waals surface area contributed by atoms with Gasteiger partial charge < -0.3 is 5.32 Å². The van der Waals surface area contributed by atoms with Crippen LogP contribution in [0.15, 0.2) is 30.7 Å². The number of aromatic nitrogens is 2. The third kappa shape index (κ3) is 3.32. The SMILES string of the molecule is O=C(NCc1ccncn1)c1cc(F)c(F)cc1[N+](=O)[O-]. The monoisotopic (exact) mass is 294 g/mol. The first-order chi connectivity index (χ1) is 9.99. The van der Waals surface area contributed by atoms with Gasteiger partial charge in [-0.1, -0.05) is 0 Å². The lowest BCUT2D eigenvalue weighted by Crippen LogP contribution is -2.24. The number of benzene rings is 1. The summed E-state index contributed by atoms with van der Waals surface area (Å²) in [5.41, 5.74) is -0.911. The highest BCUT2D eigenvalue weighted by Gasteiger charge is 2.23. The number of nitro groups is 1. The molecule has 0 saturated carbocycles. The Hall–Kier alpha value is -2.97. The summed E-state index contributed by atoms with van der Waals surface area (Å²) < 4.78 is 26.2. The van der Waals surface area contributed by atoms with Crippen LogP contribution in [0, 0.1) is 21.7 Å². The Bertz CT molecular complexity index is 694. The van der Waals surface area contributed by atoms with Gasteiger partial charge >= 0.3 is 0 Å². The minimum Gasteiger partial charge on any atom is -0.346 e. The van der Waals surface area contributed by atoms with Crippen molar-refractivity contribution in [3.63, 3.8) is 0 Å². The normalized spacial score (nSPS) is 10.2. The van der Waals surface area contributed by atoms with Crippen molar-refractivity contribution in [1.82, 2.24) is 15.3 Å². The molecule has 1 N–H and O–H groups in total. The van der Waals surface area contributed by atoms with Gasteiger partial charge in [-0.2, -0.15) is 0 Å². The first kappa shape index (κ1) is 14.4. The van der Waals surface area contributed by atoms with Crippen LogP contribution in [-0.2, 0) is 6.54 Å². The van der Waals surface area contributed by atoms with Gasteiger partial charge in [0.25, 0.3) is 11.6 Å². The van der Waals surface area contributed by atoms with E-state index in [2.05, 4.69) is 15.3 Å². The first-order valence-electron chi connectivity index (χ1n) is 5.65. The maximum atomic E-state index is 13.1. The molecule has 108 valence electrons. The van der Waals surface area contributed by atoms with Crippen molar-refractivity contribution in [3.05, 3.63) is 63.7 Å². The zero-order valence-electron chi connectivity index (χ0n) is 10.4. The molecule has 0 unspecified atom stereocenters. The van der Waals surface area contributed by atoms with Gasteiger partial charge in [-0.05, 0) is 12.1 Å². The summed E-state index contributed by atoms with van der Waals surface area (Å²) in [6.45, 7) is -0.0303. The number of hydrogen-bond donors (Lipinski definition) is 1. The van der Waals surface area contributed by atoms with Crippen LogP contribution in [0.5, 0.6) is 0 Å². The lowest BCUT2D eigenvalue weighted by atomic mass is 10.1. The molecule has 0 aliphatic rings. The van der Waals surface area contributed by atoms with Crippen LogP contribution in [0.1, 0.15) is 16.1 Å². The number of halogens is 2. The van der Waals surface area contributed by atoms with Gasteiger partial charge in [0.2, 0.25) is 0 Å². The standard InChI is InChI=1S/C12H8F2N4O3/c13-9-3-8(11(18(20)21)4-10(9)14)12(19)16-5-7-1-2-15-6-17-7/h1-4,6H,5H2,(H,16,19). The average molecular weight is 294 g/mol. The van der Waals surface area contributed by atoms with Gasteiger partial charge in [-0.25, -0.2) is 18.7 Å². The van der Waals surface area contributed by atoms with Gasteiger partial charge in [0.05, 0.1) is 23.2 Å². The molecule has 21 heavy (non-hydrogen) atoms. The number of carbonyl (C=O) groups is 1. The number of amides is 1. The van der Waals surface area contributed by atoms with Gasteiger partial charge in [-0.3, -0.25) is 14.9 Å². The highest BCUT2D eigenvalue weighted by molar-refractivity contribution is 5.98. The Morgan fingerprint density at radius 2 is 2.05 bits per heavy atom. The topological polar surface area (TPSA) is 98.0 Å². The van der Waals surface area contributed by atoms with Crippen molar-refractivity contribution in [2.24, 2.45) is 0 Å².